The maximum Gasteiger partial charge on any atom is 0.131 e. The van der Waals surface area contributed by atoms with E-state index in [1.54, 1.807) is 0 Å². The first kappa shape index (κ1) is 12.5. The Hall–Kier alpha value is -0.960. The number of hydrogen-bond acceptors (Lipinski definition) is 3. The van der Waals surface area contributed by atoms with E-state index in [1.807, 2.05) is 6.20 Å². The van der Waals surface area contributed by atoms with Gasteiger partial charge in [0.05, 0.1) is 5.69 Å². The van der Waals surface area contributed by atoms with E-state index in [4.69, 9.17) is 4.98 Å². The molecule has 0 spiro atoms. The van der Waals surface area contributed by atoms with Crippen LogP contribution in [0.2, 0.25) is 0 Å². The molecule has 3 nitrogen and oxygen atoms in total. The Bertz CT molecular complexity index is 406. The highest BCUT2D eigenvalue weighted by Crippen LogP contribution is 2.45. The minimum absolute atomic E-state index is 0.129. The maximum absolute atomic E-state index is 4.71. The lowest BCUT2D eigenvalue weighted by Gasteiger charge is -2.20. The van der Waals surface area contributed by atoms with Crippen LogP contribution in [-0.2, 0) is 6.54 Å². The number of rotatable bonds is 3. The molecule has 1 N–H and O–H groups in total. The van der Waals surface area contributed by atoms with E-state index in [0.29, 0.717) is 5.92 Å². The molecule has 17 heavy (non-hydrogen) atoms. The van der Waals surface area contributed by atoms with Crippen LogP contribution in [0.5, 0.6) is 0 Å². The minimum atomic E-state index is 0.129. The molecule has 1 heterocycles. The van der Waals surface area contributed by atoms with Crippen LogP contribution in [-0.4, -0.2) is 15.5 Å². The van der Waals surface area contributed by atoms with Crippen LogP contribution in [0, 0.1) is 12.8 Å². The topological polar surface area (TPSA) is 37.8 Å². The first-order valence-corrected chi connectivity index (χ1v) is 6.44. The molecule has 0 aliphatic heterocycles. The molecule has 2 atom stereocenters. The Labute approximate surface area is 104 Å². The summed E-state index contributed by atoms with van der Waals surface area (Å²) >= 11 is 0. The molecule has 0 saturated heterocycles. The molecule has 1 aromatic rings. The van der Waals surface area contributed by atoms with Gasteiger partial charge in [0, 0.05) is 24.2 Å². The molecular weight excluding hydrogens is 210 g/mol. The van der Waals surface area contributed by atoms with Crippen LogP contribution < -0.4 is 5.32 Å². The second kappa shape index (κ2) is 4.37. The molecule has 2 unspecified atom stereocenters. The van der Waals surface area contributed by atoms with E-state index in [1.165, 1.54) is 12.0 Å². The van der Waals surface area contributed by atoms with E-state index in [-0.39, 0.29) is 5.54 Å². The molecule has 1 aliphatic rings. The molecule has 0 aromatic carbocycles. The van der Waals surface area contributed by atoms with Crippen molar-refractivity contribution in [1.29, 1.82) is 0 Å². The lowest BCUT2D eigenvalue weighted by molar-refractivity contribution is 0.420. The van der Waals surface area contributed by atoms with Crippen molar-refractivity contribution in [3.8, 4) is 0 Å². The van der Waals surface area contributed by atoms with E-state index < -0.39 is 0 Å². The highest BCUT2D eigenvalue weighted by atomic mass is 15.0. The van der Waals surface area contributed by atoms with Crippen molar-refractivity contribution in [3.63, 3.8) is 0 Å². The normalized spacial score (nSPS) is 23.8. The highest BCUT2D eigenvalue weighted by molar-refractivity contribution is 5.19. The van der Waals surface area contributed by atoms with Crippen LogP contribution in [0.3, 0.4) is 0 Å². The molecule has 0 radical (unpaired) electrons. The van der Waals surface area contributed by atoms with Gasteiger partial charge in [0.1, 0.15) is 5.82 Å². The number of hydrogen-bond donors (Lipinski definition) is 1. The monoisotopic (exact) mass is 233 g/mol. The van der Waals surface area contributed by atoms with Crippen molar-refractivity contribution >= 4 is 0 Å². The van der Waals surface area contributed by atoms with Crippen LogP contribution in [0.1, 0.15) is 57.1 Å². The zero-order valence-corrected chi connectivity index (χ0v) is 11.5. The highest BCUT2D eigenvalue weighted by Gasteiger charge is 2.36. The van der Waals surface area contributed by atoms with Crippen molar-refractivity contribution < 1.29 is 0 Å². The first-order chi connectivity index (χ1) is 7.87. The lowest BCUT2D eigenvalue weighted by atomic mass is 10.1. The summed E-state index contributed by atoms with van der Waals surface area (Å²) in [6, 6.07) is 0. The fourth-order valence-electron chi connectivity index (χ4n) is 1.88. The molecule has 3 heteroatoms. The zero-order valence-electron chi connectivity index (χ0n) is 11.5. The van der Waals surface area contributed by atoms with E-state index in [9.17, 15) is 0 Å². The summed E-state index contributed by atoms with van der Waals surface area (Å²) in [5.74, 6) is 2.40. The minimum Gasteiger partial charge on any atom is -0.306 e. The fraction of sp³-hybridized carbons (Fsp3) is 0.714. The number of nitrogens with zero attached hydrogens (tertiary/aromatic N) is 2. The molecule has 2 rings (SSSR count). The van der Waals surface area contributed by atoms with Gasteiger partial charge in [-0.2, -0.15) is 0 Å². The maximum atomic E-state index is 4.71. The summed E-state index contributed by atoms with van der Waals surface area (Å²) in [6.45, 7) is 11.7. The molecular formula is C14H23N3. The van der Waals surface area contributed by atoms with Crippen LogP contribution in [0.25, 0.3) is 0 Å². The van der Waals surface area contributed by atoms with Gasteiger partial charge in [-0.3, -0.25) is 0 Å². The zero-order chi connectivity index (χ0) is 12.6. The van der Waals surface area contributed by atoms with Crippen LogP contribution >= 0.6 is 0 Å². The average molecular weight is 233 g/mol. The summed E-state index contributed by atoms with van der Waals surface area (Å²) < 4.78 is 0. The van der Waals surface area contributed by atoms with Crippen molar-refractivity contribution in [2.75, 3.05) is 0 Å². The van der Waals surface area contributed by atoms with Crippen molar-refractivity contribution in [2.24, 2.45) is 5.92 Å². The molecule has 1 aliphatic carbocycles. The predicted octanol–water partition coefficient (Wildman–Crippen LogP) is 2.80. The summed E-state index contributed by atoms with van der Waals surface area (Å²) in [5.41, 5.74) is 2.45. The van der Waals surface area contributed by atoms with E-state index in [0.717, 1.165) is 24.0 Å². The second-order valence-electron chi connectivity index (χ2n) is 6.28. The van der Waals surface area contributed by atoms with E-state index >= 15 is 0 Å². The standard InChI is InChI=1S/C14H23N3/c1-9-6-11(9)13-15-7-10(2)12(17-13)8-16-14(3,4)5/h7,9,11,16H,6,8H2,1-5H3. The van der Waals surface area contributed by atoms with Crippen molar-refractivity contribution in [1.82, 2.24) is 15.3 Å². The fourth-order valence-corrected chi connectivity index (χ4v) is 1.88. The van der Waals surface area contributed by atoms with Crippen LogP contribution in [0.15, 0.2) is 6.20 Å². The van der Waals surface area contributed by atoms with Gasteiger partial charge in [0.15, 0.2) is 0 Å². The van der Waals surface area contributed by atoms with E-state index in [2.05, 4.69) is 44.9 Å². The number of aromatic nitrogens is 2. The average Bonchev–Trinajstić information content (AvgIpc) is 2.93. The third-order valence-corrected chi connectivity index (χ3v) is 3.32. The third kappa shape index (κ3) is 3.25. The van der Waals surface area contributed by atoms with Gasteiger partial charge < -0.3 is 5.32 Å². The predicted molar refractivity (Wildman–Crippen MR) is 69.9 cm³/mol. The lowest BCUT2D eigenvalue weighted by Crippen LogP contribution is -2.35. The molecule has 1 saturated carbocycles. The smallest absolute Gasteiger partial charge is 0.131 e. The summed E-state index contributed by atoms with van der Waals surface area (Å²) in [4.78, 5) is 9.17. The molecule has 1 fully saturated rings. The largest absolute Gasteiger partial charge is 0.306 e. The van der Waals surface area contributed by atoms with Gasteiger partial charge >= 0.3 is 0 Å². The summed E-state index contributed by atoms with van der Waals surface area (Å²) in [6.07, 6.45) is 3.21. The molecule has 1 aromatic heterocycles. The van der Waals surface area contributed by atoms with Gasteiger partial charge in [-0.25, -0.2) is 9.97 Å². The SMILES string of the molecule is Cc1cnc(C2CC2C)nc1CNC(C)(C)C. The van der Waals surface area contributed by atoms with Crippen molar-refractivity contribution in [2.45, 2.75) is 59.0 Å². The Kier molecular flexibility index (Phi) is 3.21. The van der Waals surface area contributed by atoms with Crippen molar-refractivity contribution in [3.05, 3.63) is 23.3 Å². The van der Waals surface area contributed by atoms with Crippen LogP contribution in [0.4, 0.5) is 0 Å². The van der Waals surface area contributed by atoms with Gasteiger partial charge in [-0.15, -0.1) is 0 Å². The van der Waals surface area contributed by atoms with Gasteiger partial charge in [0.2, 0.25) is 0 Å². The van der Waals surface area contributed by atoms with Gasteiger partial charge in [-0.05, 0) is 45.6 Å². The first-order valence-electron chi connectivity index (χ1n) is 6.44. The van der Waals surface area contributed by atoms with Gasteiger partial charge in [-0.1, -0.05) is 6.92 Å². The molecule has 0 amide bonds. The molecule has 94 valence electrons. The quantitative estimate of drug-likeness (QED) is 0.872. The third-order valence-electron chi connectivity index (χ3n) is 3.32. The summed E-state index contributed by atoms with van der Waals surface area (Å²) in [5, 5.41) is 3.49. The Morgan fingerprint density at radius 3 is 2.59 bits per heavy atom. The number of nitrogens with one attached hydrogen (secondary N) is 1. The molecule has 0 bridgehead atoms. The second-order valence-corrected chi connectivity index (χ2v) is 6.28. The summed E-state index contributed by atoms with van der Waals surface area (Å²) in [7, 11) is 0. The number of aryl methyl sites for hydroxylation is 1. The Morgan fingerprint density at radius 2 is 2.06 bits per heavy atom. The van der Waals surface area contributed by atoms with Gasteiger partial charge in [0.25, 0.3) is 0 Å². The Balaban J connectivity index is 2.10. The Morgan fingerprint density at radius 1 is 1.41 bits per heavy atom.